The van der Waals surface area contributed by atoms with E-state index in [1.807, 2.05) is 0 Å². The van der Waals surface area contributed by atoms with Gasteiger partial charge in [-0.3, -0.25) is 0 Å². The van der Waals surface area contributed by atoms with Crippen LogP contribution >= 0.6 is 0 Å². The molecule has 52 heavy (non-hydrogen) atoms. The zero-order valence-corrected chi connectivity index (χ0v) is 29.8. The van der Waals surface area contributed by atoms with Gasteiger partial charge in [0.2, 0.25) is 0 Å². The molecule has 4 bridgehead atoms. The number of hydrogen-bond donors (Lipinski definition) is 0. The minimum absolute atomic E-state index is 0.349. The fraction of sp³-hybridized carbons (Fsp3) is 0.294. The second kappa shape index (κ2) is 11.1. The lowest BCUT2D eigenvalue weighted by Crippen LogP contribution is -2.26. The van der Waals surface area contributed by atoms with Gasteiger partial charge >= 0.3 is 0 Å². The molecule has 6 unspecified atom stereocenters. The molecule has 254 valence electrons. The molecule has 6 aliphatic rings. The van der Waals surface area contributed by atoms with Gasteiger partial charge in [-0.1, -0.05) is 122 Å². The Morgan fingerprint density at radius 3 is 1.35 bits per heavy atom. The number of nitrogens with zero attached hydrogens (tertiary/aromatic N) is 1. The molecule has 0 N–H and O–H groups in total. The van der Waals surface area contributed by atoms with Crippen LogP contribution in [-0.2, 0) is 5.41 Å². The Morgan fingerprint density at radius 1 is 0.404 bits per heavy atom. The van der Waals surface area contributed by atoms with Crippen LogP contribution in [0.1, 0.15) is 96.6 Å². The van der Waals surface area contributed by atoms with Gasteiger partial charge in [-0.2, -0.15) is 0 Å². The summed E-state index contributed by atoms with van der Waals surface area (Å²) in [6, 6.07) is 54.3. The van der Waals surface area contributed by atoms with Crippen LogP contribution in [0.25, 0.3) is 22.3 Å². The summed E-state index contributed by atoms with van der Waals surface area (Å²) in [6.45, 7) is 0. The Labute approximate surface area is 308 Å². The monoisotopic (exact) mass is 671 g/mol. The first-order valence-electron chi connectivity index (χ1n) is 20.2. The van der Waals surface area contributed by atoms with E-state index in [9.17, 15) is 0 Å². The fourth-order valence-electron chi connectivity index (χ4n) is 12.8. The molecule has 1 nitrogen and oxygen atoms in total. The maximum Gasteiger partial charge on any atom is 0.0726 e. The summed E-state index contributed by atoms with van der Waals surface area (Å²) in [5.74, 6) is 5.13. The van der Waals surface area contributed by atoms with Crippen molar-refractivity contribution < 1.29 is 0 Å². The Kier molecular flexibility index (Phi) is 6.31. The van der Waals surface area contributed by atoms with E-state index < -0.39 is 0 Å². The Balaban J connectivity index is 1.05. The highest BCUT2D eigenvalue weighted by Crippen LogP contribution is 2.65. The molecule has 12 rings (SSSR count). The van der Waals surface area contributed by atoms with E-state index in [4.69, 9.17) is 0 Å². The van der Waals surface area contributed by atoms with Gasteiger partial charge in [0.15, 0.2) is 0 Å². The molecule has 6 aliphatic carbocycles. The van der Waals surface area contributed by atoms with E-state index >= 15 is 0 Å². The van der Waals surface area contributed by atoms with Crippen molar-refractivity contribution in [3.05, 3.63) is 173 Å². The summed E-state index contributed by atoms with van der Waals surface area (Å²) in [4.78, 5) is 2.58. The first-order chi connectivity index (χ1) is 25.8. The number of benzene rings is 6. The molecular formula is C51H45N. The highest BCUT2D eigenvalue weighted by Gasteiger charge is 2.52. The van der Waals surface area contributed by atoms with E-state index in [2.05, 4.69) is 144 Å². The van der Waals surface area contributed by atoms with Gasteiger partial charge in [0.25, 0.3) is 0 Å². The van der Waals surface area contributed by atoms with Gasteiger partial charge in [-0.05, 0) is 154 Å². The van der Waals surface area contributed by atoms with Crippen molar-refractivity contribution in [3.8, 4) is 22.3 Å². The van der Waals surface area contributed by atoms with Gasteiger partial charge in [-0.15, -0.1) is 0 Å². The molecule has 0 heterocycles. The molecule has 1 spiro atoms. The van der Waals surface area contributed by atoms with Crippen LogP contribution in [0.2, 0.25) is 0 Å². The summed E-state index contributed by atoms with van der Waals surface area (Å²) in [5.41, 5.74) is 17.5. The Hall–Kier alpha value is -4.88. The van der Waals surface area contributed by atoms with Crippen LogP contribution in [0, 0.1) is 23.7 Å². The molecular weight excluding hydrogens is 627 g/mol. The molecule has 0 aromatic heterocycles. The van der Waals surface area contributed by atoms with Crippen LogP contribution in [0.5, 0.6) is 0 Å². The molecule has 6 aromatic carbocycles. The predicted octanol–water partition coefficient (Wildman–Crippen LogP) is 13.3. The largest absolute Gasteiger partial charge is 0.310 e. The summed E-state index contributed by atoms with van der Waals surface area (Å²) in [5, 5.41) is 0. The molecule has 6 atom stereocenters. The van der Waals surface area contributed by atoms with Crippen molar-refractivity contribution in [3.63, 3.8) is 0 Å². The van der Waals surface area contributed by atoms with Crippen molar-refractivity contribution in [2.24, 2.45) is 23.7 Å². The van der Waals surface area contributed by atoms with Gasteiger partial charge in [0.1, 0.15) is 0 Å². The van der Waals surface area contributed by atoms with E-state index in [0.717, 1.165) is 35.5 Å². The van der Waals surface area contributed by atoms with E-state index in [0.29, 0.717) is 0 Å². The minimum Gasteiger partial charge on any atom is -0.310 e. The lowest BCUT2D eigenvalue weighted by atomic mass is 9.70. The van der Waals surface area contributed by atoms with Gasteiger partial charge in [0.05, 0.1) is 11.1 Å². The number of hydrogen-bond acceptors (Lipinski definition) is 1. The average molecular weight is 672 g/mol. The summed E-state index contributed by atoms with van der Waals surface area (Å²) >= 11 is 0. The molecule has 4 saturated carbocycles. The topological polar surface area (TPSA) is 3.24 Å². The van der Waals surface area contributed by atoms with E-state index in [1.54, 1.807) is 11.1 Å². The zero-order chi connectivity index (χ0) is 34.0. The predicted molar refractivity (Wildman–Crippen MR) is 214 cm³/mol. The van der Waals surface area contributed by atoms with Crippen LogP contribution in [0.4, 0.5) is 17.1 Å². The highest BCUT2D eigenvalue weighted by molar-refractivity contribution is 6.01. The molecule has 0 radical (unpaired) electrons. The second-order valence-corrected chi connectivity index (χ2v) is 17.2. The number of rotatable bonds is 5. The summed E-state index contributed by atoms with van der Waals surface area (Å²) < 4.78 is 0. The third-order valence-corrected chi connectivity index (χ3v) is 14.9. The molecule has 0 amide bonds. The summed E-state index contributed by atoms with van der Waals surface area (Å²) in [6.07, 6.45) is 11.4. The van der Waals surface area contributed by atoms with E-state index in [-0.39, 0.29) is 5.41 Å². The maximum absolute atomic E-state index is 2.58. The SMILES string of the molecule is c1ccc2c(c1)-c1ccccc1C21c2ccccc2-c2c(N(c3ccc(C4CC5CCC4C5)cc3)c3ccc(C4CC5CCC4C5)cc3)cccc21. The fourth-order valence-corrected chi connectivity index (χ4v) is 12.8. The first kappa shape index (κ1) is 29.7. The third-order valence-electron chi connectivity index (χ3n) is 14.9. The van der Waals surface area contributed by atoms with Crippen molar-refractivity contribution in [2.75, 3.05) is 4.90 Å². The molecule has 1 heteroatoms. The van der Waals surface area contributed by atoms with Crippen LogP contribution in [0.3, 0.4) is 0 Å². The van der Waals surface area contributed by atoms with Crippen molar-refractivity contribution >= 4 is 17.1 Å². The standard InChI is InChI=1S/C51H45N/c1-4-11-45-40(8-1)41-9-2-5-12-46(41)51(45)47-13-6-3-10-42(47)50-48(51)14-7-15-49(50)52(38-24-20-34(21-25-38)43-30-32-16-18-36(43)28-32)39-26-22-35(23-27-39)44-31-33-17-19-37(44)29-33/h1-15,20-27,32-33,36-37,43-44H,16-19,28-31H2. The summed E-state index contributed by atoms with van der Waals surface area (Å²) in [7, 11) is 0. The van der Waals surface area contributed by atoms with Crippen LogP contribution in [0.15, 0.2) is 140 Å². The molecule has 6 aromatic rings. The molecule has 4 fully saturated rings. The van der Waals surface area contributed by atoms with Crippen molar-refractivity contribution in [2.45, 2.75) is 68.6 Å². The Morgan fingerprint density at radius 2 is 0.865 bits per heavy atom. The van der Waals surface area contributed by atoms with Crippen LogP contribution < -0.4 is 4.90 Å². The van der Waals surface area contributed by atoms with Crippen molar-refractivity contribution in [1.29, 1.82) is 0 Å². The number of fused-ring (bicyclic) bond motifs is 14. The molecule has 0 aliphatic heterocycles. The third kappa shape index (κ3) is 4.00. The lowest BCUT2D eigenvalue weighted by molar-refractivity contribution is 0.420. The highest BCUT2D eigenvalue weighted by atomic mass is 15.1. The van der Waals surface area contributed by atoms with Gasteiger partial charge < -0.3 is 4.90 Å². The lowest BCUT2D eigenvalue weighted by Gasteiger charge is -2.32. The minimum atomic E-state index is -0.349. The quantitative estimate of drug-likeness (QED) is 0.176. The smallest absolute Gasteiger partial charge is 0.0726 e. The maximum atomic E-state index is 2.58. The van der Waals surface area contributed by atoms with E-state index in [1.165, 1.54) is 113 Å². The van der Waals surface area contributed by atoms with Gasteiger partial charge in [-0.25, -0.2) is 0 Å². The zero-order valence-electron chi connectivity index (χ0n) is 29.8. The average Bonchev–Trinajstić information content (AvgIpc) is 4.08. The molecule has 0 saturated heterocycles. The van der Waals surface area contributed by atoms with Crippen molar-refractivity contribution in [1.82, 2.24) is 0 Å². The second-order valence-electron chi connectivity index (χ2n) is 17.2. The normalized spacial score (nSPS) is 26.4. The number of anilines is 3. The Bertz CT molecular complexity index is 2250. The first-order valence-corrected chi connectivity index (χ1v) is 20.2. The van der Waals surface area contributed by atoms with Gasteiger partial charge in [0, 0.05) is 16.9 Å². The van der Waals surface area contributed by atoms with Crippen LogP contribution in [-0.4, -0.2) is 0 Å².